The van der Waals surface area contributed by atoms with Crippen LogP contribution >= 0.6 is 0 Å². The molecule has 0 spiro atoms. The number of carbonyl (C=O) groups excluding carboxylic acids is 2. The molecule has 3 unspecified atom stereocenters. The van der Waals surface area contributed by atoms with E-state index in [0.717, 1.165) is 24.8 Å². The number of benzene rings is 4. The van der Waals surface area contributed by atoms with Crippen LogP contribution in [-0.2, 0) is 54.4 Å². The Kier molecular flexibility index (Phi) is 15.5. The quantitative estimate of drug-likeness (QED) is 0.0853. The Bertz CT molecular complexity index is 1870. The highest BCUT2D eigenvalue weighted by Gasteiger charge is 2.27. The molecule has 4 aromatic carbocycles. The van der Waals surface area contributed by atoms with Crippen molar-refractivity contribution in [2.75, 3.05) is 39.5 Å². The maximum Gasteiger partial charge on any atom is 0.246 e. The van der Waals surface area contributed by atoms with Crippen LogP contribution in [0.2, 0.25) is 0 Å². The summed E-state index contributed by atoms with van der Waals surface area (Å²) in [6.07, 6.45) is 6.75. The topological polar surface area (TPSA) is 95.1 Å². The van der Waals surface area contributed by atoms with Crippen LogP contribution in [0.5, 0.6) is 0 Å². The summed E-state index contributed by atoms with van der Waals surface area (Å²) in [5, 5.41) is 5.42. The number of hydrogen-bond donors (Lipinski definition) is 2. The number of ether oxygens (including phenoxy) is 4. The minimum atomic E-state index is -0.155. The zero-order valence-corrected chi connectivity index (χ0v) is 31.3. The summed E-state index contributed by atoms with van der Waals surface area (Å²) in [4.78, 5) is 22.1. The lowest BCUT2D eigenvalue weighted by Gasteiger charge is -2.29. The number of carbonyl (C=O) groups is 2. The predicted octanol–water partition coefficient (Wildman–Crippen LogP) is 7.76. The van der Waals surface area contributed by atoms with Crippen molar-refractivity contribution >= 4 is 17.9 Å². The molecule has 0 fully saturated rings. The van der Waals surface area contributed by atoms with E-state index in [-0.39, 0.29) is 30.1 Å². The van der Waals surface area contributed by atoms with Gasteiger partial charge < -0.3 is 29.6 Å². The second kappa shape index (κ2) is 20.9. The Morgan fingerprint density at radius 3 is 1.56 bits per heavy atom. The summed E-state index contributed by atoms with van der Waals surface area (Å²) >= 11 is 0. The Morgan fingerprint density at radius 1 is 0.648 bits per heavy atom. The van der Waals surface area contributed by atoms with Crippen LogP contribution in [0.3, 0.4) is 0 Å². The van der Waals surface area contributed by atoms with Crippen LogP contribution in [0.1, 0.15) is 69.7 Å². The lowest BCUT2D eigenvalue weighted by Crippen LogP contribution is -2.29. The molecule has 2 amide bonds. The Morgan fingerprint density at radius 2 is 1.11 bits per heavy atom. The fraction of sp³-hybridized carbons (Fsp3) is 0.304. The first-order valence-corrected chi connectivity index (χ1v) is 18.6. The van der Waals surface area contributed by atoms with E-state index in [1.165, 1.54) is 45.0 Å². The third-order valence-corrected chi connectivity index (χ3v) is 9.45. The van der Waals surface area contributed by atoms with Gasteiger partial charge in [0.1, 0.15) is 0 Å². The number of hydrogen-bond acceptors (Lipinski definition) is 6. The van der Waals surface area contributed by atoms with E-state index in [1.54, 1.807) is 6.92 Å². The minimum absolute atomic E-state index is 0.109. The van der Waals surface area contributed by atoms with Crippen molar-refractivity contribution < 1.29 is 28.5 Å². The maximum absolute atomic E-state index is 11.2. The summed E-state index contributed by atoms with van der Waals surface area (Å²) in [5.41, 5.74) is 10.9. The first kappa shape index (κ1) is 40.1. The summed E-state index contributed by atoms with van der Waals surface area (Å²) in [7, 11) is 0. The molecule has 3 aliphatic carbocycles. The fourth-order valence-electron chi connectivity index (χ4n) is 6.24. The summed E-state index contributed by atoms with van der Waals surface area (Å²) in [5.74, 6) is -0.264. The first-order valence-electron chi connectivity index (χ1n) is 18.6. The zero-order chi connectivity index (χ0) is 38.1. The van der Waals surface area contributed by atoms with Gasteiger partial charge in [-0.3, -0.25) is 9.59 Å². The highest BCUT2D eigenvalue weighted by atomic mass is 16.5. The average Bonchev–Trinajstić information content (AvgIpc) is 3.17. The van der Waals surface area contributed by atoms with Gasteiger partial charge in [-0.15, -0.1) is 0 Å². The molecule has 54 heavy (non-hydrogen) atoms. The SMILES string of the molecule is C=C(C)C(=O)NCCOC1Cc2ccccc21.C=CC(=O)NCCOC1Cc2ccccc21.C=Cc1ccc(COCCOC2Cc3ccccc32)cc1. The van der Waals surface area contributed by atoms with Crippen LogP contribution in [0, 0.1) is 0 Å². The molecule has 0 aliphatic heterocycles. The number of fused-ring (bicyclic) bond motifs is 3. The Labute approximate surface area is 319 Å². The van der Waals surface area contributed by atoms with Crippen LogP contribution in [0.15, 0.2) is 128 Å². The first-order chi connectivity index (χ1) is 26.4. The van der Waals surface area contributed by atoms with E-state index in [1.807, 2.05) is 42.5 Å². The van der Waals surface area contributed by atoms with Crippen molar-refractivity contribution in [1.82, 2.24) is 10.6 Å². The molecule has 0 aromatic heterocycles. The monoisotopic (exact) mass is 728 g/mol. The molecule has 8 nitrogen and oxygen atoms in total. The second-order valence-electron chi connectivity index (χ2n) is 13.3. The minimum Gasteiger partial charge on any atom is -0.374 e. The van der Waals surface area contributed by atoms with E-state index in [2.05, 4.69) is 91.0 Å². The smallest absolute Gasteiger partial charge is 0.246 e. The van der Waals surface area contributed by atoms with Crippen LogP contribution < -0.4 is 10.6 Å². The Balaban J connectivity index is 0.000000158. The molecule has 7 rings (SSSR count). The van der Waals surface area contributed by atoms with Gasteiger partial charge >= 0.3 is 0 Å². The van der Waals surface area contributed by atoms with Gasteiger partial charge in [0.15, 0.2) is 0 Å². The molecular weight excluding hydrogens is 677 g/mol. The van der Waals surface area contributed by atoms with Gasteiger partial charge in [-0.1, -0.05) is 123 Å². The highest BCUT2D eigenvalue weighted by molar-refractivity contribution is 5.92. The summed E-state index contributed by atoms with van der Waals surface area (Å²) in [6, 6.07) is 33.2. The van der Waals surface area contributed by atoms with Crippen molar-refractivity contribution in [3.05, 3.63) is 173 Å². The standard InChI is InChI=1S/C19H20O2.C14H17NO2.C13H15NO2/c1-2-15-7-9-16(10-8-15)14-20-11-12-21-19-13-17-5-3-4-6-18(17)19;1-10(2)14(16)15-7-8-17-13-9-11-5-3-4-6-12(11)13;1-2-13(15)14-7-8-16-12-9-10-5-3-4-6-11(10)12/h2-10,19H,1,11-14H2;3-6,13H,1,7-9H2,2H3,(H,15,16);2-6,12H,1,7-9H2,(H,14,15). The summed E-state index contributed by atoms with van der Waals surface area (Å²) < 4.78 is 22.8. The molecule has 3 aliphatic rings. The molecule has 0 radical (unpaired) electrons. The van der Waals surface area contributed by atoms with Crippen LogP contribution in [0.25, 0.3) is 6.08 Å². The molecule has 0 bridgehead atoms. The van der Waals surface area contributed by atoms with E-state index in [0.29, 0.717) is 51.7 Å². The van der Waals surface area contributed by atoms with Gasteiger partial charge in [-0.25, -0.2) is 0 Å². The van der Waals surface area contributed by atoms with Gasteiger partial charge in [-0.05, 0) is 57.5 Å². The average molecular weight is 729 g/mol. The maximum atomic E-state index is 11.2. The molecule has 4 aromatic rings. The van der Waals surface area contributed by atoms with Crippen LogP contribution in [0.4, 0.5) is 0 Å². The molecule has 2 N–H and O–H groups in total. The van der Waals surface area contributed by atoms with Gasteiger partial charge in [-0.2, -0.15) is 0 Å². The molecule has 8 heteroatoms. The van der Waals surface area contributed by atoms with Crippen LogP contribution in [-0.4, -0.2) is 51.3 Å². The highest BCUT2D eigenvalue weighted by Crippen LogP contribution is 2.37. The normalized spacial score (nSPS) is 16.6. The van der Waals surface area contributed by atoms with E-state index >= 15 is 0 Å². The summed E-state index contributed by atoms with van der Waals surface area (Å²) in [6.45, 7) is 16.4. The molecule has 0 saturated carbocycles. The van der Waals surface area contributed by atoms with Crippen molar-refractivity contribution in [3.63, 3.8) is 0 Å². The number of nitrogens with one attached hydrogen (secondary N) is 2. The number of rotatable bonds is 17. The van der Waals surface area contributed by atoms with Gasteiger partial charge in [0.05, 0.1) is 51.3 Å². The predicted molar refractivity (Wildman–Crippen MR) is 214 cm³/mol. The van der Waals surface area contributed by atoms with Crippen molar-refractivity contribution in [3.8, 4) is 0 Å². The van der Waals surface area contributed by atoms with Crippen molar-refractivity contribution in [2.24, 2.45) is 0 Å². The molecular formula is C46H52N2O6. The van der Waals surface area contributed by atoms with Crippen molar-refractivity contribution in [2.45, 2.75) is 51.1 Å². The van der Waals surface area contributed by atoms with E-state index in [4.69, 9.17) is 18.9 Å². The van der Waals surface area contributed by atoms with Gasteiger partial charge in [0, 0.05) is 37.9 Å². The zero-order valence-electron chi connectivity index (χ0n) is 31.3. The molecule has 282 valence electrons. The van der Waals surface area contributed by atoms with E-state index in [9.17, 15) is 9.59 Å². The second-order valence-corrected chi connectivity index (χ2v) is 13.3. The third kappa shape index (κ3) is 11.7. The lowest BCUT2D eigenvalue weighted by atomic mass is 9.85. The van der Waals surface area contributed by atoms with Crippen molar-refractivity contribution in [1.29, 1.82) is 0 Å². The third-order valence-electron chi connectivity index (χ3n) is 9.45. The fourth-order valence-corrected chi connectivity index (χ4v) is 6.24. The number of amides is 2. The van der Waals surface area contributed by atoms with Gasteiger partial charge in [0.25, 0.3) is 0 Å². The van der Waals surface area contributed by atoms with Gasteiger partial charge in [0.2, 0.25) is 11.8 Å². The van der Waals surface area contributed by atoms with E-state index < -0.39 is 0 Å². The molecule has 0 heterocycles. The Hall–Kier alpha value is -5.12. The lowest BCUT2D eigenvalue weighted by molar-refractivity contribution is -0.118. The largest absolute Gasteiger partial charge is 0.374 e. The molecule has 3 atom stereocenters. The molecule has 0 saturated heterocycles.